The molecule has 0 bridgehead atoms. The second-order valence-corrected chi connectivity index (χ2v) is 5.80. The van der Waals surface area contributed by atoms with Crippen molar-refractivity contribution in [2.45, 2.75) is 37.8 Å². The third kappa shape index (κ3) is 3.23. The molecule has 1 aromatic carbocycles. The summed E-state index contributed by atoms with van der Waals surface area (Å²) in [5.41, 5.74) is 1.31. The van der Waals surface area contributed by atoms with Crippen molar-refractivity contribution in [3.8, 4) is 0 Å². The molecule has 1 N–H and O–H groups in total. The highest BCUT2D eigenvalue weighted by Gasteiger charge is 2.23. The Hall–Kier alpha value is -0.540. The van der Waals surface area contributed by atoms with Gasteiger partial charge in [-0.3, -0.25) is 0 Å². The topological polar surface area (TPSA) is 15.3 Å². The Labute approximate surface area is 113 Å². The molecule has 0 aliphatic heterocycles. The van der Waals surface area contributed by atoms with Gasteiger partial charge in [0.05, 0.1) is 0 Å². The van der Waals surface area contributed by atoms with Gasteiger partial charge in [-0.2, -0.15) is 0 Å². The van der Waals surface area contributed by atoms with Gasteiger partial charge in [-0.15, -0.1) is 0 Å². The maximum Gasteiger partial charge on any atom is 0.0377 e. The number of benzene rings is 1. The number of hydrogen-bond donors (Lipinski definition) is 1. The average molecular weight is 297 g/mol. The van der Waals surface area contributed by atoms with Crippen molar-refractivity contribution in [3.63, 3.8) is 0 Å². The molecule has 1 aliphatic rings. The van der Waals surface area contributed by atoms with Crippen LogP contribution in [0.25, 0.3) is 0 Å². The van der Waals surface area contributed by atoms with E-state index in [0.717, 1.165) is 10.5 Å². The zero-order valence-electron chi connectivity index (χ0n) is 10.6. The number of rotatable bonds is 3. The molecule has 2 rings (SSSR count). The van der Waals surface area contributed by atoms with E-state index in [4.69, 9.17) is 0 Å². The normalized spacial score (nSPS) is 24.6. The number of nitrogens with zero attached hydrogens (tertiary/aromatic N) is 1. The van der Waals surface area contributed by atoms with Gasteiger partial charge in [0.1, 0.15) is 0 Å². The van der Waals surface area contributed by atoms with Crippen molar-refractivity contribution in [2.24, 2.45) is 0 Å². The van der Waals surface area contributed by atoms with E-state index in [2.05, 4.69) is 64.5 Å². The van der Waals surface area contributed by atoms with Gasteiger partial charge in [-0.05, 0) is 50.9 Å². The van der Waals surface area contributed by atoms with Gasteiger partial charge in [-0.25, -0.2) is 0 Å². The number of nitrogens with one attached hydrogen (secondary N) is 1. The molecule has 0 saturated heterocycles. The fourth-order valence-electron chi connectivity index (χ4n) is 2.66. The van der Waals surface area contributed by atoms with Crippen LogP contribution in [0.3, 0.4) is 0 Å². The van der Waals surface area contributed by atoms with Gasteiger partial charge in [0, 0.05) is 29.3 Å². The lowest BCUT2D eigenvalue weighted by atomic mass is 9.90. The molecule has 94 valence electrons. The lowest BCUT2D eigenvalue weighted by molar-refractivity contribution is 0.351. The van der Waals surface area contributed by atoms with Crippen LogP contribution in [-0.4, -0.2) is 26.2 Å². The summed E-state index contributed by atoms with van der Waals surface area (Å²) in [5, 5.41) is 3.39. The van der Waals surface area contributed by atoms with E-state index in [-0.39, 0.29) is 0 Å². The molecule has 1 aromatic rings. The number of halogens is 1. The summed E-state index contributed by atoms with van der Waals surface area (Å²) in [4.78, 5) is 2.43. The summed E-state index contributed by atoms with van der Waals surface area (Å²) in [5.74, 6) is 0. The Morgan fingerprint density at radius 3 is 2.53 bits per heavy atom. The minimum Gasteiger partial charge on any atom is -0.372 e. The molecule has 1 fully saturated rings. The minimum atomic E-state index is 0.689. The van der Waals surface area contributed by atoms with Crippen LogP contribution in [0.1, 0.15) is 25.7 Å². The summed E-state index contributed by atoms with van der Waals surface area (Å²) >= 11 is 3.54. The third-order valence-corrected chi connectivity index (χ3v) is 4.36. The summed E-state index contributed by atoms with van der Waals surface area (Å²) < 4.78 is 1.16. The van der Waals surface area contributed by atoms with E-state index in [1.807, 2.05) is 0 Å². The highest BCUT2D eigenvalue weighted by Crippen LogP contribution is 2.27. The molecular formula is C14H21BrN2. The van der Waals surface area contributed by atoms with Crippen molar-refractivity contribution in [1.29, 1.82) is 0 Å². The minimum absolute atomic E-state index is 0.689. The first-order valence-corrected chi connectivity index (χ1v) is 7.15. The van der Waals surface area contributed by atoms with Gasteiger partial charge in [-0.1, -0.05) is 22.0 Å². The van der Waals surface area contributed by atoms with E-state index >= 15 is 0 Å². The average Bonchev–Trinajstić information content (AvgIpc) is 2.38. The smallest absolute Gasteiger partial charge is 0.0377 e. The number of anilines is 1. The monoisotopic (exact) mass is 296 g/mol. The molecule has 2 nitrogen and oxygen atoms in total. The molecule has 0 aromatic heterocycles. The van der Waals surface area contributed by atoms with Gasteiger partial charge in [0.15, 0.2) is 0 Å². The Kier molecular flexibility index (Phi) is 4.46. The fourth-order valence-corrected chi connectivity index (χ4v) is 3.05. The van der Waals surface area contributed by atoms with Crippen LogP contribution in [-0.2, 0) is 0 Å². The van der Waals surface area contributed by atoms with E-state index in [9.17, 15) is 0 Å². The lowest BCUT2D eigenvalue weighted by Gasteiger charge is -2.36. The Bertz CT molecular complexity index is 359. The molecule has 0 unspecified atom stereocenters. The summed E-state index contributed by atoms with van der Waals surface area (Å²) in [7, 11) is 4.29. The molecule has 0 amide bonds. The van der Waals surface area contributed by atoms with E-state index in [1.165, 1.54) is 31.4 Å². The largest absolute Gasteiger partial charge is 0.372 e. The summed E-state index contributed by atoms with van der Waals surface area (Å²) in [6, 6.07) is 9.99. The molecule has 17 heavy (non-hydrogen) atoms. The van der Waals surface area contributed by atoms with Gasteiger partial charge < -0.3 is 10.2 Å². The van der Waals surface area contributed by atoms with Gasteiger partial charge in [0.2, 0.25) is 0 Å². The standard InChI is InChI=1S/C14H21BrN2/c1-16-12-6-8-13(9-7-12)17(2)14-5-3-4-11(15)10-14/h3-5,10,12-13,16H,6-9H2,1-2H3. The first-order chi connectivity index (χ1) is 8.20. The summed E-state index contributed by atoms with van der Waals surface area (Å²) in [6.07, 6.45) is 5.15. The predicted octanol–water partition coefficient (Wildman–Crippen LogP) is 3.42. The van der Waals surface area contributed by atoms with Crippen LogP contribution >= 0.6 is 15.9 Å². The van der Waals surface area contributed by atoms with Crippen molar-refractivity contribution in [3.05, 3.63) is 28.7 Å². The predicted molar refractivity (Wildman–Crippen MR) is 77.6 cm³/mol. The van der Waals surface area contributed by atoms with Crippen molar-refractivity contribution >= 4 is 21.6 Å². The summed E-state index contributed by atoms with van der Waals surface area (Å²) in [6.45, 7) is 0. The van der Waals surface area contributed by atoms with Crippen LogP contribution in [0.4, 0.5) is 5.69 Å². The molecule has 1 aliphatic carbocycles. The lowest BCUT2D eigenvalue weighted by Crippen LogP contribution is -2.39. The first-order valence-electron chi connectivity index (χ1n) is 6.36. The van der Waals surface area contributed by atoms with Crippen molar-refractivity contribution < 1.29 is 0 Å². The molecule has 1 saturated carbocycles. The van der Waals surface area contributed by atoms with Crippen LogP contribution in [0.15, 0.2) is 28.7 Å². The van der Waals surface area contributed by atoms with Crippen LogP contribution in [0.5, 0.6) is 0 Å². The SMILES string of the molecule is CNC1CCC(N(C)c2cccc(Br)c2)CC1. The zero-order valence-corrected chi connectivity index (χ0v) is 12.2. The maximum atomic E-state index is 3.54. The maximum absolute atomic E-state index is 3.54. The highest BCUT2D eigenvalue weighted by atomic mass is 79.9. The first kappa shape index (κ1) is 12.9. The second kappa shape index (κ2) is 5.87. The van der Waals surface area contributed by atoms with E-state index in [1.54, 1.807) is 0 Å². The van der Waals surface area contributed by atoms with E-state index < -0.39 is 0 Å². The molecule has 0 heterocycles. The Morgan fingerprint density at radius 1 is 1.24 bits per heavy atom. The fraction of sp³-hybridized carbons (Fsp3) is 0.571. The zero-order chi connectivity index (χ0) is 12.3. The highest BCUT2D eigenvalue weighted by molar-refractivity contribution is 9.10. The quantitative estimate of drug-likeness (QED) is 0.919. The Morgan fingerprint density at radius 2 is 1.94 bits per heavy atom. The van der Waals surface area contributed by atoms with Crippen molar-refractivity contribution in [2.75, 3.05) is 19.0 Å². The number of hydrogen-bond acceptors (Lipinski definition) is 2. The van der Waals surface area contributed by atoms with Gasteiger partial charge >= 0.3 is 0 Å². The molecule has 0 atom stereocenters. The Balaban J connectivity index is 1.99. The van der Waals surface area contributed by atoms with E-state index in [0.29, 0.717) is 6.04 Å². The van der Waals surface area contributed by atoms with Gasteiger partial charge in [0.25, 0.3) is 0 Å². The van der Waals surface area contributed by atoms with Crippen molar-refractivity contribution in [1.82, 2.24) is 5.32 Å². The third-order valence-electron chi connectivity index (χ3n) is 3.87. The van der Waals surface area contributed by atoms with Crippen LogP contribution in [0.2, 0.25) is 0 Å². The molecule has 3 heteroatoms. The van der Waals surface area contributed by atoms with Crippen LogP contribution in [0, 0.1) is 0 Å². The molecular weight excluding hydrogens is 276 g/mol. The van der Waals surface area contributed by atoms with Crippen LogP contribution < -0.4 is 10.2 Å². The molecule has 0 radical (unpaired) electrons. The second-order valence-electron chi connectivity index (χ2n) is 4.88. The molecule has 0 spiro atoms.